The molecule has 21 heavy (non-hydrogen) atoms. The van der Waals surface area contributed by atoms with Crippen LogP contribution in [0.2, 0.25) is 0 Å². The standard InChI is InChI=1S/C13H20N4O4/c1-4-15-13(20)16-11(18)8(3)21-12(19)10-6-9(14)7-17(10)5-2/h6-8H,4-5,14H2,1-3H3,(H2,15,16,18,20). The first-order chi connectivity index (χ1) is 9.88. The number of nitrogens with two attached hydrogens (primary N) is 1. The number of esters is 1. The summed E-state index contributed by atoms with van der Waals surface area (Å²) in [6.07, 6.45) is 0.511. The number of nitrogens with one attached hydrogen (secondary N) is 2. The summed E-state index contributed by atoms with van der Waals surface area (Å²) >= 11 is 0. The molecule has 0 aliphatic carbocycles. The molecule has 1 aromatic rings. The number of nitrogen functional groups attached to an aromatic ring is 1. The van der Waals surface area contributed by atoms with E-state index in [1.165, 1.54) is 13.0 Å². The Kier molecular flexibility index (Phi) is 5.77. The van der Waals surface area contributed by atoms with Crippen LogP contribution in [-0.2, 0) is 16.1 Å². The maximum Gasteiger partial charge on any atom is 0.355 e. The summed E-state index contributed by atoms with van der Waals surface area (Å²) in [5, 5.41) is 4.48. The van der Waals surface area contributed by atoms with Gasteiger partial charge in [-0.15, -0.1) is 0 Å². The van der Waals surface area contributed by atoms with Gasteiger partial charge < -0.3 is 20.4 Å². The second-order valence-electron chi connectivity index (χ2n) is 4.34. The van der Waals surface area contributed by atoms with Crippen LogP contribution in [0, 0.1) is 0 Å². The maximum absolute atomic E-state index is 12.0. The molecule has 8 heteroatoms. The monoisotopic (exact) mass is 296 g/mol. The van der Waals surface area contributed by atoms with Crippen LogP contribution >= 0.6 is 0 Å². The molecule has 1 atom stereocenters. The maximum atomic E-state index is 12.0. The molecule has 0 aromatic carbocycles. The van der Waals surface area contributed by atoms with Gasteiger partial charge in [-0.2, -0.15) is 0 Å². The predicted octanol–water partition coefficient (Wildman–Crippen LogP) is 0.481. The van der Waals surface area contributed by atoms with E-state index in [0.717, 1.165) is 0 Å². The SMILES string of the molecule is CCNC(=O)NC(=O)C(C)OC(=O)c1cc(N)cn1CC. The first kappa shape index (κ1) is 16.5. The molecule has 1 unspecified atom stereocenters. The highest BCUT2D eigenvalue weighted by molar-refractivity contribution is 5.98. The van der Waals surface area contributed by atoms with Crippen LogP contribution in [0.4, 0.5) is 10.5 Å². The highest BCUT2D eigenvalue weighted by atomic mass is 16.5. The van der Waals surface area contributed by atoms with E-state index in [4.69, 9.17) is 10.5 Å². The lowest BCUT2D eigenvalue weighted by Gasteiger charge is -2.13. The number of rotatable bonds is 5. The number of ether oxygens (including phenoxy) is 1. The average Bonchev–Trinajstić information content (AvgIpc) is 2.80. The van der Waals surface area contributed by atoms with Gasteiger partial charge in [-0.3, -0.25) is 10.1 Å². The molecule has 1 heterocycles. The number of hydrogen-bond acceptors (Lipinski definition) is 5. The normalized spacial score (nSPS) is 11.6. The summed E-state index contributed by atoms with van der Waals surface area (Å²) in [5.41, 5.74) is 6.31. The zero-order chi connectivity index (χ0) is 16.0. The highest BCUT2D eigenvalue weighted by Crippen LogP contribution is 2.12. The fourth-order valence-corrected chi connectivity index (χ4v) is 1.66. The van der Waals surface area contributed by atoms with Gasteiger partial charge in [0.1, 0.15) is 5.69 Å². The first-order valence-corrected chi connectivity index (χ1v) is 6.64. The van der Waals surface area contributed by atoms with E-state index in [9.17, 15) is 14.4 Å². The summed E-state index contributed by atoms with van der Waals surface area (Å²) < 4.78 is 6.64. The second-order valence-corrected chi connectivity index (χ2v) is 4.34. The Bertz CT molecular complexity index is 538. The zero-order valence-corrected chi connectivity index (χ0v) is 12.3. The third-order valence-electron chi connectivity index (χ3n) is 2.69. The molecule has 1 aromatic heterocycles. The number of urea groups is 1. The molecule has 1 rings (SSSR count). The summed E-state index contributed by atoms with van der Waals surface area (Å²) in [4.78, 5) is 34.9. The smallest absolute Gasteiger partial charge is 0.355 e. The van der Waals surface area contributed by atoms with Crippen molar-refractivity contribution < 1.29 is 19.1 Å². The molecule has 116 valence electrons. The van der Waals surface area contributed by atoms with Crippen molar-refractivity contribution in [1.82, 2.24) is 15.2 Å². The van der Waals surface area contributed by atoms with Crippen molar-refractivity contribution >= 4 is 23.6 Å². The van der Waals surface area contributed by atoms with Gasteiger partial charge in [0.15, 0.2) is 6.10 Å². The van der Waals surface area contributed by atoms with Gasteiger partial charge in [0.05, 0.1) is 5.69 Å². The summed E-state index contributed by atoms with van der Waals surface area (Å²) in [5.74, 6) is -1.37. The number of hydrogen-bond donors (Lipinski definition) is 3. The van der Waals surface area contributed by atoms with Crippen LogP contribution in [0.25, 0.3) is 0 Å². The Morgan fingerprint density at radius 1 is 1.38 bits per heavy atom. The Balaban J connectivity index is 2.65. The molecule has 3 amide bonds. The molecular formula is C13H20N4O4. The van der Waals surface area contributed by atoms with Gasteiger partial charge in [-0.05, 0) is 26.8 Å². The van der Waals surface area contributed by atoms with Crippen molar-refractivity contribution in [2.24, 2.45) is 0 Å². The minimum Gasteiger partial charge on any atom is -0.448 e. The predicted molar refractivity (Wildman–Crippen MR) is 76.6 cm³/mol. The molecule has 0 radical (unpaired) electrons. The summed E-state index contributed by atoms with van der Waals surface area (Å²) in [7, 11) is 0. The van der Waals surface area contributed by atoms with E-state index >= 15 is 0 Å². The second kappa shape index (κ2) is 7.32. The third kappa shape index (κ3) is 4.51. The van der Waals surface area contributed by atoms with Crippen LogP contribution in [0.1, 0.15) is 31.3 Å². The van der Waals surface area contributed by atoms with E-state index < -0.39 is 24.0 Å². The fraction of sp³-hybridized carbons (Fsp3) is 0.462. The molecule has 0 saturated carbocycles. The zero-order valence-electron chi connectivity index (χ0n) is 12.3. The van der Waals surface area contributed by atoms with E-state index in [0.29, 0.717) is 18.8 Å². The average molecular weight is 296 g/mol. The van der Waals surface area contributed by atoms with Gasteiger partial charge in [0.2, 0.25) is 0 Å². The quantitative estimate of drug-likeness (QED) is 0.684. The van der Waals surface area contributed by atoms with E-state index in [-0.39, 0.29) is 5.69 Å². The molecule has 0 fully saturated rings. The van der Waals surface area contributed by atoms with Crippen molar-refractivity contribution in [1.29, 1.82) is 0 Å². The van der Waals surface area contributed by atoms with E-state index in [1.54, 1.807) is 17.7 Å². The molecule has 0 spiro atoms. The molecule has 8 nitrogen and oxygen atoms in total. The number of carbonyl (C=O) groups is 3. The van der Waals surface area contributed by atoms with E-state index in [1.807, 2.05) is 6.92 Å². The van der Waals surface area contributed by atoms with Crippen molar-refractivity contribution in [2.45, 2.75) is 33.4 Å². The van der Waals surface area contributed by atoms with Crippen LogP contribution in [-0.4, -0.2) is 35.1 Å². The van der Waals surface area contributed by atoms with Gasteiger partial charge in [0, 0.05) is 19.3 Å². The molecule has 4 N–H and O–H groups in total. The summed E-state index contributed by atoms with van der Waals surface area (Å²) in [6, 6.07) is 0.840. The van der Waals surface area contributed by atoms with Crippen molar-refractivity contribution in [3.63, 3.8) is 0 Å². The first-order valence-electron chi connectivity index (χ1n) is 6.64. The molecule has 0 bridgehead atoms. The van der Waals surface area contributed by atoms with Crippen molar-refractivity contribution in [3.05, 3.63) is 18.0 Å². The summed E-state index contributed by atoms with van der Waals surface area (Å²) in [6.45, 7) is 5.88. The van der Waals surface area contributed by atoms with E-state index in [2.05, 4.69) is 10.6 Å². The lowest BCUT2D eigenvalue weighted by Crippen LogP contribution is -2.44. The largest absolute Gasteiger partial charge is 0.448 e. The van der Waals surface area contributed by atoms with Crippen LogP contribution in [0.3, 0.4) is 0 Å². The van der Waals surface area contributed by atoms with Crippen molar-refractivity contribution in [3.8, 4) is 0 Å². The number of nitrogens with zero attached hydrogens (tertiary/aromatic N) is 1. The molecule has 0 aliphatic heterocycles. The molecule has 0 aliphatic rings. The fourth-order valence-electron chi connectivity index (χ4n) is 1.66. The van der Waals surface area contributed by atoms with Gasteiger partial charge in [0.25, 0.3) is 5.91 Å². The number of anilines is 1. The number of aromatic nitrogens is 1. The number of amides is 3. The Hall–Kier alpha value is -2.51. The van der Waals surface area contributed by atoms with Gasteiger partial charge >= 0.3 is 12.0 Å². The van der Waals surface area contributed by atoms with Crippen molar-refractivity contribution in [2.75, 3.05) is 12.3 Å². The number of aryl methyl sites for hydroxylation is 1. The number of carbonyl (C=O) groups excluding carboxylic acids is 3. The van der Waals surface area contributed by atoms with Crippen LogP contribution in [0.15, 0.2) is 12.3 Å². The Morgan fingerprint density at radius 2 is 2.05 bits per heavy atom. The Morgan fingerprint density at radius 3 is 2.62 bits per heavy atom. The minimum absolute atomic E-state index is 0.257. The molecular weight excluding hydrogens is 276 g/mol. The lowest BCUT2D eigenvalue weighted by molar-refractivity contribution is -0.127. The Labute approximate surface area is 122 Å². The highest BCUT2D eigenvalue weighted by Gasteiger charge is 2.22. The third-order valence-corrected chi connectivity index (χ3v) is 2.69. The minimum atomic E-state index is -1.10. The van der Waals surface area contributed by atoms with Gasteiger partial charge in [-0.25, -0.2) is 9.59 Å². The van der Waals surface area contributed by atoms with Crippen LogP contribution in [0.5, 0.6) is 0 Å². The number of imide groups is 1. The lowest BCUT2D eigenvalue weighted by atomic mass is 10.3. The van der Waals surface area contributed by atoms with Gasteiger partial charge in [-0.1, -0.05) is 0 Å². The topological polar surface area (TPSA) is 115 Å². The molecule has 0 saturated heterocycles. The van der Waals surface area contributed by atoms with Crippen LogP contribution < -0.4 is 16.4 Å².